The van der Waals surface area contributed by atoms with Crippen LogP contribution in [0.3, 0.4) is 0 Å². The number of carbonyl (C=O) groups excluding carboxylic acids is 1. The fourth-order valence-corrected chi connectivity index (χ4v) is 3.38. The Morgan fingerprint density at radius 1 is 1.36 bits per heavy atom. The minimum atomic E-state index is -1.27. The Kier molecular flexibility index (Phi) is 3.77. The van der Waals surface area contributed by atoms with E-state index in [4.69, 9.17) is 0 Å². The molecule has 0 unspecified atom stereocenters. The number of aromatic nitrogens is 2. The summed E-state index contributed by atoms with van der Waals surface area (Å²) in [6.07, 6.45) is 1.56. The van der Waals surface area contributed by atoms with Gasteiger partial charge < -0.3 is 9.90 Å². The van der Waals surface area contributed by atoms with E-state index in [-0.39, 0.29) is 12.0 Å². The summed E-state index contributed by atoms with van der Waals surface area (Å²) in [5.74, 6) is -1.27. The minimum Gasteiger partial charge on any atom is -0.548 e. The van der Waals surface area contributed by atoms with Gasteiger partial charge in [0.15, 0.2) is 0 Å². The molecule has 0 aliphatic heterocycles. The number of hydrogen-bond donors (Lipinski definition) is 0. The Hall–Kier alpha value is -2.47. The number of hydrogen-bond acceptors (Lipinski definition) is 5. The van der Waals surface area contributed by atoms with Crippen molar-refractivity contribution in [3.05, 3.63) is 53.1 Å². The van der Waals surface area contributed by atoms with Gasteiger partial charge in [0.25, 0.3) is 5.56 Å². The van der Waals surface area contributed by atoms with Gasteiger partial charge in [-0.25, -0.2) is 4.98 Å². The highest BCUT2D eigenvalue weighted by molar-refractivity contribution is 7.21. The van der Waals surface area contributed by atoms with E-state index in [9.17, 15) is 14.7 Å². The van der Waals surface area contributed by atoms with Crippen molar-refractivity contribution in [3.8, 4) is 10.4 Å². The molecule has 112 valence electrons. The zero-order chi connectivity index (χ0) is 15.7. The lowest BCUT2D eigenvalue weighted by molar-refractivity contribution is -0.310. The van der Waals surface area contributed by atoms with Gasteiger partial charge in [-0.2, -0.15) is 0 Å². The van der Waals surface area contributed by atoms with Gasteiger partial charge in [-0.15, -0.1) is 11.3 Å². The molecule has 2 aromatic heterocycles. The van der Waals surface area contributed by atoms with Gasteiger partial charge in [0, 0.05) is 4.88 Å². The molecule has 6 heteroatoms. The number of rotatable bonds is 4. The van der Waals surface area contributed by atoms with Crippen molar-refractivity contribution in [1.82, 2.24) is 9.55 Å². The van der Waals surface area contributed by atoms with Crippen LogP contribution in [-0.2, 0) is 4.79 Å². The smallest absolute Gasteiger partial charge is 0.262 e. The first-order valence-corrected chi connectivity index (χ1v) is 7.70. The molecule has 0 radical (unpaired) electrons. The highest BCUT2D eigenvalue weighted by Crippen LogP contribution is 2.30. The van der Waals surface area contributed by atoms with Crippen LogP contribution in [0.2, 0.25) is 0 Å². The van der Waals surface area contributed by atoms with Gasteiger partial charge in [-0.3, -0.25) is 9.36 Å². The molecule has 3 rings (SSSR count). The number of carboxylic acid groups (broad SMARTS) is 1. The summed E-state index contributed by atoms with van der Waals surface area (Å²) in [6.45, 7) is 1.69. The summed E-state index contributed by atoms with van der Waals surface area (Å²) in [6, 6.07) is 10.5. The Morgan fingerprint density at radius 3 is 2.73 bits per heavy atom. The fraction of sp³-hybridized carbons (Fsp3) is 0.188. The zero-order valence-corrected chi connectivity index (χ0v) is 12.7. The van der Waals surface area contributed by atoms with Gasteiger partial charge in [-0.05, 0) is 18.1 Å². The van der Waals surface area contributed by atoms with Crippen LogP contribution in [0.25, 0.3) is 20.7 Å². The largest absolute Gasteiger partial charge is 0.548 e. The molecule has 0 bridgehead atoms. The van der Waals surface area contributed by atoms with E-state index in [2.05, 4.69) is 4.98 Å². The van der Waals surface area contributed by atoms with Crippen molar-refractivity contribution in [2.75, 3.05) is 0 Å². The van der Waals surface area contributed by atoms with Crippen molar-refractivity contribution >= 4 is 27.5 Å². The van der Waals surface area contributed by atoms with Gasteiger partial charge >= 0.3 is 0 Å². The number of fused-ring (bicyclic) bond motifs is 1. The van der Waals surface area contributed by atoms with E-state index in [0.29, 0.717) is 10.2 Å². The predicted octanol–water partition coefficient (Wildman–Crippen LogP) is 1.83. The number of aliphatic carboxylic acids is 1. The maximum atomic E-state index is 12.5. The van der Waals surface area contributed by atoms with Crippen LogP contribution in [0, 0.1) is 0 Å². The predicted molar refractivity (Wildman–Crippen MR) is 83.7 cm³/mol. The number of carboxylic acids is 1. The average molecular weight is 313 g/mol. The standard InChI is InChI=1S/C16H14N2O3S/c1-2-12(16(20)21)18-9-17-14-11(15(18)19)8-13(22-14)10-6-4-3-5-7-10/h3-9,12H,2H2,1H3,(H,20,21)/p-1/t12-/m1/s1. The van der Waals surface area contributed by atoms with Crippen molar-refractivity contribution < 1.29 is 9.90 Å². The molecule has 2 heterocycles. The lowest BCUT2D eigenvalue weighted by Crippen LogP contribution is -2.37. The molecule has 0 saturated carbocycles. The normalized spacial score (nSPS) is 12.4. The summed E-state index contributed by atoms with van der Waals surface area (Å²) >= 11 is 1.41. The zero-order valence-electron chi connectivity index (χ0n) is 11.9. The van der Waals surface area contributed by atoms with E-state index >= 15 is 0 Å². The molecule has 0 N–H and O–H groups in total. The lowest BCUT2D eigenvalue weighted by atomic mass is 10.2. The maximum absolute atomic E-state index is 12.5. The van der Waals surface area contributed by atoms with Crippen LogP contribution >= 0.6 is 11.3 Å². The van der Waals surface area contributed by atoms with Crippen LogP contribution in [-0.4, -0.2) is 15.5 Å². The Labute approximate surface area is 130 Å². The van der Waals surface area contributed by atoms with Crippen molar-refractivity contribution in [1.29, 1.82) is 0 Å². The van der Waals surface area contributed by atoms with E-state index in [0.717, 1.165) is 15.0 Å². The third kappa shape index (κ3) is 2.42. The lowest BCUT2D eigenvalue weighted by Gasteiger charge is -2.18. The second kappa shape index (κ2) is 5.73. The van der Waals surface area contributed by atoms with Gasteiger partial charge in [0.2, 0.25) is 0 Å². The Morgan fingerprint density at radius 2 is 2.09 bits per heavy atom. The quantitative estimate of drug-likeness (QED) is 0.736. The molecule has 0 amide bonds. The molecule has 0 aliphatic carbocycles. The van der Waals surface area contributed by atoms with Gasteiger partial charge in [0.1, 0.15) is 4.83 Å². The summed E-state index contributed by atoms with van der Waals surface area (Å²) in [4.78, 5) is 29.4. The Bertz CT molecular complexity index is 883. The topological polar surface area (TPSA) is 75.0 Å². The Balaban J connectivity index is 2.16. The second-order valence-corrected chi connectivity index (χ2v) is 5.93. The van der Waals surface area contributed by atoms with Crippen LogP contribution in [0.15, 0.2) is 47.5 Å². The summed E-state index contributed by atoms with van der Waals surface area (Å²) < 4.78 is 1.14. The third-order valence-corrected chi connectivity index (χ3v) is 4.62. The van der Waals surface area contributed by atoms with Crippen LogP contribution in [0.1, 0.15) is 19.4 Å². The van der Waals surface area contributed by atoms with Crippen LogP contribution < -0.4 is 10.7 Å². The number of thiophene rings is 1. The molecule has 3 aromatic rings. The summed E-state index contributed by atoms with van der Waals surface area (Å²) in [5.41, 5.74) is 0.655. The van der Waals surface area contributed by atoms with Crippen molar-refractivity contribution in [2.45, 2.75) is 19.4 Å². The molecule has 22 heavy (non-hydrogen) atoms. The van der Waals surface area contributed by atoms with E-state index in [1.54, 1.807) is 13.0 Å². The highest BCUT2D eigenvalue weighted by Gasteiger charge is 2.16. The van der Waals surface area contributed by atoms with E-state index < -0.39 is 12.0 Å². The van der Waals surface area contributed by atoms with E-state index in [1.807, 2.05) is 30.3 Å². The molecule has 5 nitrogen and oxygen atoms in total. The fourth-order valence-electron chi connectivity index (χ4n) is 2.38. The molecule has 0 spiro atoms. The second-order valence-electron chi connectivity index (χ2n) is 4.90. The number of carbonyl (C=O) groups is 1. The minimum absolute atomic E-state index is 0.269. The summed E-state index contributed by atoms with van der Waals surface area (Å²) in [5, 5.41) is 11.6. The first-order valence-electron chi connectivity index (χ1n) is 6.88. The monoisotopic (exact) mass is 313 g/mol. The third-order valence-electron chi connectivity index (χ3n) is 3.53. The van der Waals surface area contributed by atoms with Gasteiger partial charge in [-0.1, -0.05) is 37.3 Å². The maximum Gasteiger partial charge on any atom is 0.262 e. The van der Waals surface area contributed by atoms with Crippen LogP contribution in [0.4, 0.5) is 0 Å². The highest BCUT2D eigenvalue weighted by atomic mass is 32.1. The van der Waals surface area contributed by atoms with Crippen molar-refractivity contribution in [2.24, 2.45) is 0 Å². The number of nitrogens with zero attached hydrogens (tertiary/aromatic N) is 2. The average Bonchev–Trinajstić information content (AvgIpc) is 2.96. The molecular formula is C16H13N2O3S-. The summed E-state index contributed by atoms with van der Waals surface area (Å²) in [7, 11) is 0. The number of benzene rings is 1. The first-order chi connectivity index (χ1) is 10.6. The van der Waals surface area contributed by atoms with Crippen LogP contribution in [0.5, 0.6) is 0 Å². The molecule has 0 fully saturated rings. The molecule has 1 atom stereocenters. The molecule has 0 aliphatic rings. The SMILES string of the molecule is CC[C@H](C(=O)[O-])n1cnc2sc(-c3ccccc3)cc2c1=O. The van der Waals surface area contributed by atoms with Crippen molar-refractivity contribution in [3.63, 3.8) is 0 Å². The first kappa shape index (κ1) is 14.5. The molecular weight excluding hydrogens is 300 g/mol. The van der Waals surface area contributed by atoms with Gasteiger partial charge in [0.05, 0.1) is 23.7 Å². The van der Waals surface area contributed by atoms with E-state index in [1.165, 1.54) is 17.7 Å². The molecule has 1 aromatic carbocycles. The molecule has 0 saturated heterocycles.